The molecule has 1 aliphatic rings. The van der Waals surface area contributed by atoms with Crippen molar-refractivity contribution in [2.75, 3.05) is 26.2 Å². The molecule has 5 heteroatoms. The van der Waals surface area contributed by atoms with Crippen molar-refractivity contribution < 1.29 is 14.6 Å². The summed E-state index contributed by atoms with van der Waals surface area (Å²) in [6.45, 7) is 12.2. The fourth-order valence-electron chi connectivity index (χ4n) is 2.49. The van der Waals surface area contributed by atoms with Gasteiger partial charge in [-0.1, -0.05) is 13.8 Å². The lowest BCUT2D eigenvalue weighted by atomic mass is 9.87. The molecule has 1 atom stereocenters. The third-order valence-electron chi connectivity index (χ3n) is 3.28. The minimum atomic E-state index is -0.353. The number of hydrogen-bond donors (Lipinski definition) is 2. The lowest BCUT2D eigenvalue weighted by molar-refractivity contribution is -0.0734. The molecule has 1 unspecified atom stereocenters. The fourth-order valence-corrected chi connectivity index (χ4v) is 2.49. The number of aliphatic hydroxyl groups is 1. The van der Waals surface area contributed by atoms with E-state index in [1.807, 2.05) is 27.7 Å². The van der Waals surface area contributed by atoms with Crippen LogP contribution in [0.2, 0.25) is 0 Å². The van der Waals surface area contributed by atoms with Crippen LogP contribution >= 0.6 is 0 Å². The van der Waals surface area contributed by atoms with Crippen molar-refractivity contribution in [1.29, 1.82) is 0 Å². The van der Waals surface area contributed by atoms with Crippen LogP contribution in [-0.2, 0) is 4.74 Å². The molecule has 0 aromatic heterocycles. The smallest absolute Gasteiger partial charge is 0.317 e. The van der Waals surface area contributed by atoms with Gasteiger partial charge in [0.05, 0.1) is 24.9 Å². The van der Waals surface area contributed by atoms with Crippen LogP contribution in [0.5, 0.6) is 0 Å². The lowest BCUT2D eigenvalue weighted by Crippen LogP contribution is -2.54. The molecule has 2 N–H and O–H groups in total. The summed E-state index contributed by atoms with van der Waals surface area (Å²) in [4.78, 5) is 13.9. The van der Waals surface area contributed by atoms with E-state index in [0.29, 0.717) is 32.7 Å². The summed E-state index contributed by atoms with van der Waals surface area (Å²) in [7, 11) is 0. The molecule has 0 spiro atoms. The third-order valence-corrected chi connectivity index (χ3v) is 3.28. The molecule has 112 valence electrons. The number of morpholine rings is 1. The first-order valence-corrected chi connectivity index (χ1v) is 6.96. The normalized spacial score (nSPS) is 21.1. The number of urea groups is 1. The van der Waals surface area contributed by atoms with Gasteiger partial charge in [-0.05, 0) is 32.6 Å². The highest BCUT2D eigenvalue weighted by atomic mass is 16.5. The van der Waals surface area contributed by atoms with E-state index in [9.17, 15) is 9.90 Å². The highest BCUT2D eigenvalue weighted by Gasteiger charge is 2.30. The van der Waals surface area contributed by atoms with Gasteiger partial charge in [0.2, 0.25) is 0 Å². The van der Waals surface area contributed by atoms with E-state index in [-0.39, 0.29) is 23.2 Å². The number of ether oxygens (including phenoxy) is 1. The SMILES string of the molecule is CC(O)CC(C)(C)CNC(=O)N1CCOC(C)(C)C1. The Labute approximate surface area is 116 Å². The quantitative estimate of drug-likeness (QED) is 0.817. The van der Waals surface area contributed by atoms with E-state index >= 15 is 0 Å². The van der Waals surface area contributed by atoms with Gasteiger partial charge in [0.15, 0.2) is 0 Å². The van der Waals surface area contributed by atoms with E-state index in [2.05, 4.69) is 5.32 Å². The molecule has 0 bridgehead atoms. The molecule has 5 nitrogen and oxygen atoms in total. The molecule has 2 amide bonds. The average molecular weight is 272 g/mol. The van der Waals surface area contributed by atoms with Gasteiger partial charge in [0, 0.05) is 13.1 Å². The zero-order valence-electron chi connectivity index (χ0n) is 12.8. The molecule has 1 heterocycles. The Morgan fingerprint density at radius 1 is 1.53 bits per heavy atom. The molecule has 19 heavy (non-hydrogen) atoms. The Morgan fingerprint density at radius 2 is 2.16 bits per heavy atom. The number of nitrogens with zero attached hydrogens (tertiary/aromatic N) is 1. The van der Waals surface area contributed by atoms with Gasteiger partial charge in [0.25, 0.3) is 0 Å². The molecule has 0 radical (unpaired) electrons. The number of carbonyl (C=O) groups is 1. The molecule has 1 fully saturated rings. The molecule has 0 aliphatic carbocycles. The minimum absolute atomic E-state index is 0.0463. The van der Waals surface area contributed by atoms with E-state index < -0.39 is 0 Å². The Kier molecular flexibility index (Phi) is 5.21. The second kappa shape index (κ2) is 6.09. The number of amides is 2. The number of carbonyl (C=O) groups excluding carboxylic acids is 1. The number of hydrogen-bond acceptors (Lipinski definition) is 3. The second-order valence-electron chi connectivity index (χ2n) is 6.91. The maximum Gasteiger partial charge on any atom is 0.317 e. The van der Waals surface area contributed by atoms with Crippen molar-refractivity contribution >= 4 is 6.03 Å². The molecule has 1 rings (SSSR count). The van der Waals surface area contributed by atoms with Crippen LogP contribution in [0.3, 0.4) is 0 Å². The largest absolute Gasteiger partial charge is 0.393 e. The fraction of sp³-hybridized carbons (Fsp3) is 0.929. The molecule has 1 saturated heterocycles. The molecular formula is C14H28N2O3. The summed E-state index contributed by atoms with van der Waals surface area (Å²) in [6, 6.07) is -0.0463. The van der Waals surface area contributed by atoms with E-state index in [4.69, 9.17) is 4.74 Å². The highest BCUT2D eigenvalue weighted by Crippen LogP contribution is 2.21. The summed E-state index contributed by atoms with van der Waals surface area (Å²) >= 11 is 0. The first kappa shape index (κ1) is 16.2. The molecule has 0 aromatic rings. The van der Waals surface area contributed by atoms with Crippen LogP contribution in [0.1, 0.15) is 41.0 Å². The summed E-state index contributed by atoms with van der Waals surface area (Å²) in [5.41, 5.74) is -0.379. The maximum atomic E-state index is 12.1. The topological polar surface area (TPSA) is 61.8 Å². The van der Waals surface area contributed by atoms with Crippen LogP contribution in [-0.4, -0.2) is 54.0 Å². The van der Waals surface area contributed by atoms with Crippen molar-refractivity contribution in [2.45, 2.75) is 52.7 Å². The summed E-state index contributed by atoms with van der Waals surface area (Å²) in [6.07, 6.45) is 0.316. The Hall–Kier alpha value is -0.810. The van der Waals surface area contributed by atoms with Gasteiger partial charge in [-0.15, -0.1) is 0 Å². The van der Waals surface area contributed by atoms with Gasteiger partial charge in [-0.25, -0.2) is 4.79 Å². The van der Waals surface area contributed by atoms with Gasteiger partial charge in [-0.3, -0.25) is 0 Å². The Bertz CT molecular complexity index is 314. The minimum Gasteiger partial charge on any atom is -0.393 e. The van der Waals surface area contributed by atoms with Gasteiger partial charge in [-0.2, -0.15) is 0 Å². The molecular weight excluding hydrogens is 244 g/mol. The Balaban J connectivity index is 2.43. The Morgan fingerprint density at radius 3 is 2.68 bits per heavy atom. The van der Waals surface area contributed by atoms with Crippen LogP contribution in [0.4, 0.5) is 4.79 Å². The van der Waals surface area contributed by atoms with Gasteiger partial charge >= 0.3 is 6.03 Å². The van der Waals surface area contributed by atoms with Crippen molar-refractivity contribution in [3.05, 3.63) is 0 Å². The first-order chi connectivity index (χ1) is 8.61. The predicted molar refractivity (Wildman–Crippen MR) is 75.1 cm³/mol. The van der Waals surface area contributed by atoms with Crippen LogP contribution in [0.15, 0.2) is 0 Å². The zero-order valence-corrected chi connectivity index (χ0v) is 12.8. The number of nitrogens with one attached hydrogen (secondary N) is 1. The molecule has 0 aromatic carbocycles. The van der Waals surface area contributed by atoms with Crippen molar-refractivity contribution in [2.24, 2.45) is 5.41 Å². The predicted octanol–water partition coefficient (Wildman–Crippen LogP) is 1.60. The average Bonchev–Trinajstić information content (AvgIpc) is 2.22. The first-order valence-electron chi connectivity index (χ1n) is 6.96. The summed E-state index contributed by atoms with van der Waals surface area (Å²) in [5, 5.41) is 12.4. The van der Waals surface area contributed by atoms with Crippen LogP contribution in [0.25, 0.3) is 0 Å². The molecule has 1 aliphatic heterocycles. The highest BCUT2D eigenvalue weighted by molar-refractivity contribution is 5.74. The van der Waals surface area contributed by atoms with Crippen molar-refractivity contribution in [3.8, 4) is 0 Å². The summed E-state index contributed by atoms with van der Waals surface area (Å²) < 4.78 is 5.59. The monoisotopic (exact) mass is 272 g/mol. The summed E-state index contributed by atoms with van der Waals surface area (Å²) in [5.74, 6) is 0. The van der Waals surface area contributed by atoms with E-state index in [1.54, 1.807) is 11.8 Å². The van der Waals surface area contributed by atoms with Gasteiger partial charge < -0.3 is 20.1 Å². The zero-order chi connectivity index (χ0) is 14.7. The standard InChI is InChI=1S/C14H28N2O3/c1-11(17)8-13(2,3)9-15-12(18)16-6-7-19-14(4,5)10-16/h11,17H,6-10H2,1-5H3,(H,15,18). The van der Waals surface area contributed by atoms with Crippen molar-refractivity contribution in [3.63, 3.8) is 0 Å². The van der Waals surface area contributed by atoms with E-state index in [1.165, 1.54) is 0 Å². The number of rotatable bonds is 4. The maximum absolute atomic E-state index is 12.1. The van der Waals surface area contributed by atoms with Gasteiger partial charge in [0.1, 0.15) is 0 Å². The van der Waals surface area contributed by atoms with Crippen LogP contribution in [0, 0.1) is 5.41 Å². The van der Waals surface area contributed by atoms with Crippen molar-refractivity contribution in [1.82, 2.24) is 10.2 Å². The number of aliphatic hydroxyl groups excluding tert-OH is 1. The second-order valence-corrected chi connectivity index (χ2v) is 6.91. The third kappa shape index (κ3) is 5.78. The lowest BCUT2D eigenvalue weighted by Gasteiger charge is -2.38. The van der Waals surface area contributed by atoms with E-state index in [0.717, 1.165) is 0 Å². The van der Waals surface area contributed by atoms with Crippen LogP contribution < -0.4 is 5.32 Å². The molecule has 0 saturated carbocycles.